The molecular weight excluding hydrogens is 828 g/mol. The maximum absolute atomic E-state index is 9.48. The first kappa shape index (κ1) is 38.9. The van der Waals surface area contributed by atoms with Crippen LogP contribution in [0.25, 0.3) is 21.2 Å². The summed E-state index contributed by atoms with van der Waals surface area (Å²) in [6.45, 7) is 34.8. The molecule has 0 N–H and O–H groups in total. The predicted molar refractivity (Wildman–Crippen MR) is 294 cm³/mol. The lowest BCUT2D eigenvalue weighted by molar-refractivity contribution is 0.332. The van der Waals surface area contributed by atoms with E-state index in [-0.39, 0.29) is 75.0 Å². The van der Waals surface area contributed by atoms with E-state index in [0.29, 0.717) is 5.56 Å². The Labute approximate surface area is 414 Å². The van der Waals surface area contributed by atoms with Crippen molar-refractivity contribution in [1.82, 2.24) is 0 Å². The van der Waals surface area contributed by atoms with Crippen LogP contribution in [0.2, 0.25) is 0 Å². The largest absolute Gasteiger partial charge is 0.311 e. The molecular formula is C63H71BN2S. The van der Waals surface area contributed by atoms with Crippen LogP contribution in [0.5, 0.6) is 0 Å². The van der Waals surface area contributed by atoms with Crippen LogP contribution < -0.4 is 25.5 Å². The number of anilines is 6. The number of fused-ring (bicyclic) bond motifs is 8. The number of benzene rings is 6. The molecule has 0 amide bonds. The lowest BCUT2D eigenvalue weighted by Crippen LogP contribution is -2.61. The molecule has 0 radical (unpaired) electrons. The molecule has 3 heterocycles. The number of thiophene rings is 1. The van der Waals surface area contributed by atoms with Crippen LogP contribution in [-0.2, 0) is 32.5 Å². The molecule has 0 spiro atoms. The molecule has 2 aliphatic heterocycles. The Morgan fingerprint density at radius 2 is 1.07 bits per heavy atom. The Kier molecular flexibility index (Phi) is 8.40. The highest BCUT2D eigenvalue weighted by atomic mass is 32.1. The molecule has 0 fully saturated rings. The van der Waals surface area contributed by atoms with Crippen molar-refractivity contribution in [2.45, 2.75) is 162 Å². The fourth-order valence-electron chi connectivity index (χ4n) is 12.2. The van der Waals surface area contributed by atoms with Crippen LogP contribution in [0, 0.1) is 6.92 Å². The van der Waals surface area contributed by atoms with Crippen molar-refractivity contribution in [1.29, 1.82) is 0 Å². The van der Waals surface area contributed by atoms with Gasteiger partial charge in [-0.3, -0.25) is 0 Å². The molecule has 0 bridgehead atoms. The standard InChI is InChI=1S/C63H71BN2S/c1-38-31-52-55-53(32-38)66(50-26-23-41(59(5,6)7)33-43(50)39-19-17-16-18-20-39)51-36-47-46(61(10,11)28-29-62(47,12)13)35-49(51)64(55)57-56(65(52)42-24-21-40(22-25-42)58(2,3)4)44-34-45-48(37-54(44)67-57)63(14,15)30-27-60(45,8)9/h16-26,31-37H,27-30H2,1-15H3/i16D,17D,18D,19D,20D. The van der Waals surface area contributed by atoms with Gasteiger partial charge in [-0.15, -0.1) is 11.3 Å². The second kappa shape index (κ2) is 14.5. The van der Waals surface area contributed by atoms with E-state index in [4.69, 9.17) is 4.11 Å². The van der Waals surface area contributed by atoms with E-state index in [1.54, 1.807) is 0 Å². The number of hydrogen-bond donors (Lipinski definition) is 0. The summed E-state index contributed by atoms with van der Waals surface area (Å²) in [6.07, 6.45) is 4.43. The summed E-state index contributed by atoms with van der Waals surface area (Å²) in [4.78, 5) is 4.99. The average Bonchev–Trinajstić information content (AvgIpc) is 3.67. The zero-order valence-corrected chi connectivity index (χ0v) is 43.5. The zero-order chi connectivity index (χ0) is 51.9. The Morgan fingerprint density at radius 3 is 1.66 bits per heavy atom. The van der Waals surface area contributed by atoms with Crippen molar-refractivity contribution in [2.75, 3.05) is 9.80 Å². The Balaban J connectivity index is 1.31. The number of hydrogen-bond acceptors (Lipinski definition) is 3. The second-order valence-electron chi connectivity index (χ2n) is 25.3. The van der Waals surface area contributed by atoms with E-state index < -0.39 is 0 Å². The fraction of sp³-hybridized carbons (Fsp3) is 0.397. The smallest absolute Gasteiger partial charge is 0.264 e. The van der Waals surface area contributed by atoms with Crippen LogP contribution in [0.4, 0.5) is 34.1 Å². The Bertz CT molecular complexity index is 3440. The quantitative estimate of drug-likeness (QED) is 0.163. The average molecular weight is 904 g/mol. The van der Waals surface area contributed by atoms with Gasteiger partial charge in [0.15, 0.2) is 0 Å². The van der Waals surface area contributed by atoms with Gasteiger partial charge in [0.2, 0.25) is 0 Å². The minimum Gasteiger partial charge on any atom is -0.311 e. The molecule has 2 nitrogen and oxygen atoms in total. The first-order valence-electron chi connectivity index (χ1n) is 27.3. The van der Waals surface area contributed by atoms with Gasteiger partial charge in [0, 0.05) is 43.2 Å². The zero-order valence-electron chi connectivity index (χ0n) is 47.7. The van der Waals surface area contributed by atoms with Crippen LogP contribution in [0.15, 0.2) is 109 Å². The highest BCUT2D eigenvalue weighted by molar-refractivity contribution is 7.33. The summed E-state index contributed by atoms with van der Waals surface area (Å²) >= 11 is 1.96. The molecule has 6 aromatic carbocycles. The molecule has 4 heteroatoms. The Hall–Kier alpha value is -5.06. The van der Waals surface area contributed by atoms with Crippen LogP contribution >= 0.6 is 11.3 Å². The number of rotatable bonds is 3. The summed E-state index contributed by atoms with van der Waals surface area (Å²) in [5, 5.41) is 1.30. The lowest BCUT2D eigenvalue weighted by atomic mass is 9.35. The van der Waals surface area contributed by atoms with Crippen molar-refractivity contribution in [3.63, 3.8) is 0 Å². The molecule has 7 aromatic rings. The van der Waals surface area contributed by atoms with E-state index in [1.807, 2.05) is 11.3 Å². The lowest BCUT2D eigenvalue weighted by Gasteiger charge is -2.47. The summed E-state index contributed by atoms with van der Waals surface area (Å²) in [6, 6.07) is 29.2. The third-order valence-corrected chi connectivity index (χ3v) is 17.8. The minimum atomic E-state index is -0.389. The third kappa shape index (κ3) is 6.84. The minimum absolute atomic E-state index is 0.0160. The molecule has 4 aliphatic rings. The van der Waals surface area contributed by atoms with Crippen molar-refractivity contribution in [2.24, 2.45) is 0 Å². The van der Waals surface area contributed by atoms with Gasteiger partial charge in [0.05, 0.1) is 18.2 Å². The number of nitrogens with zero attached hydrogens (tertiary/aromatic N) is 2. The summed E-state index contributed by atoms with van der Waals surface area (Å²) in [5.74, 6) is 0. The summed E-state index contributed by atoms with van der Waals surface area (Å²) in [7, 11) is 0. The topological polar surface area (TPSA) is 6.48 Å². The van der Waals surface area contributed by atoms with Crippen molar-refractivity contribution < 1.29 is 6.85 Å². The predicted octanol–water partition coefficient (Wildman–Crippen LogP) is 16.3. The Morgan fingerprint density at radius 1 is 0.552 bits per heavy atom. The summed E-state index contributed by atoms with van der Waals surface area (Å²) in [5.41, 5.74) is 18.5. The van der Waals surface area contributed by atoms with Gasteiger partial charge in [-0.25, -0.2) is 0 Å². The summed E-state index contributed by atoms with van der Waals surface area (Å²) < 4.78 is 48.2. The van der Waals surface area contributed by atoms with Crippen LogP contribution in [0.1, 0.15) is 168 Å². The highest BCUT2D eigenvalue weighted by Gasteiger charge is 2.49. The van der Waals surface area contributed by atoms with E-state index in [1.165, 1.54) is 59.3 Å². The van der Waals surface area contributed by atoms with E-state index >= 15 is 0 Å². The molecule has 67 heavy (non-hydrogen) atoms. The second-order valence-corrected chi connectivity index (χ2v) is 26.4. The van der Waals surface area contributed by atoms with E-state index in [9.17, 15) is 2.74 Å². The van der Waals surface area contributed by atoms with Crippen molar-refractivity contribution >= 4 is 78.0 Å². The third-order valence-electron chi connectivity index (χ3n) is 16.6. The monoisotopic (exact) mass is 904 g/mol. The van der Waals surface area contributed by atoms with Gasteiger partial charge in [-0.05, 0) is 175 Å². The maximum atomic E-state index is 9.48. The van der Waals surface area contributed by atoms with Gasteiger partial charge in [-0.2, -0.15) is 0 Å². The molecule has 2 aliphatic carbocycles. The molecule has 0 saturated carbocycles. The van der Waals surface area contributed by atoms with Crippen LogP contribution in [0.3, 0.4) is 0 Å². The molecule has 1 aromatic heterocycles. The molecule has 0 saturated heterocycles. The molecule has 11 rings (SSSR count). The SMILES string of the molecule is [2H]c1c([2H])c([2H])c(-c2cc(C(C)(C)C)ccc2N2c3cc4c(cc3B3c5sc6cc7c(cc6c5N(c5ccc(C(C)(C)C)cc5)c5cc(C)cc2c53)C(C)(C)CCC7(C)C)C(C)(C)CCC4(C)C)c([2H])c1[2H]. The van der Waals surface area contributed by atoms with Gasteiger partial charge >= 0.3 is 0 Å². The van der Waals surface area contributed by atoms with E-state index in [0.717, 1.165) is 65.2 Å². The molecule has 0 atom stereocenters. The molecule has 0 unspecified atom stereocenters. The van der Waals surface area contributed by atoms with Gasteiger partial charge in [0.25, 0.3) is 6.71 Å². The first-order chi connectivity index (χ1) is 33.4. The highest BCUT2D eigenvalue weighted by Crippen LogP contribution is 2.55. The fourth-order valence-corrected chi connectivity index (χ4v) is 13.5. The van der Waals surface area contributed by atoms with Crippen LogP contribution in [-0.4, -0.2) is 6.71 Å². The van der Waals surface area contributed by atoms with Crippen molar-refractivity contribution in [3.05, 3.63) is 148 Å². The maximum Gasteiger partial charge on any atom is 0.264 e. The van der Waals surface area contributed by atoms with Gasteiger partial charge in [-0.1, -0.05) is 151 Å². The van der Waals surface area contributed by atoms with E-state index in [2.05, 4.69) is 193 Å². The van der Waals surface area contributed by atoms with Gasteiger partial charge < -0.3 is 9.80 Å². The van der Waals surface area contributed by atoms with Crippen molar-refractivity contribution in [3.8, 4) is 11.1 Å². The first-order valence-corrected chi connectivity index (χ1v) is 25.6. The number of aryl methyl sites for hydroxylation is 1. The molecule has 342 valence electrons. The normalized spacial score (nSPS) is 19.6. The van der Waals surface area contributed by atoms with Gasteiger partial charge in [0.1, 0.15) is 0 Å².